The fourth-order valence-electron chi connectivity index (χ4n) is 0.895. The highest BCUT2D eigenvalue weighted by atomic mass is 127. The standard InChI is InChI=1S/C8H14IN2/c1-4-5-9-8-6-7(2)10-11(8)3/h6H,4-5H2,1-3H3/q+1. The topological polar surface area (TPSA) is 17.8 Å². The normalized spacial score (nSPS) is 10.5. The van der Waals surface area contributed by atoms with Crippen LogP contribution in [0.25, 0.3) is 0 Å². The van der Waals surface area contributed by atoms with Crippen LogP contribution in [0.15, 0.2) is 6.07 Å². The summed E-state index contributed by atoms with van der Waals surface area (Å²) in [6, 6.07) is 2.21. The average Bonchev–Trinajstić information content (AvgIpc) is 2.26. The van der Waals surface area contributed by atoms with Gasteiger partial charge in [0.15, 0.2) is 4.43 Å². The van der Waals surface area contributed by atoms with Crippen molar-refractivity contribution in [2.24, 2.45) is 7.05 Å². The van der Waals surface area contributed by atoms with E-state index in [9.17, 15) is 0 Å². The molecule has 0 spiro atoms. The van der Waals surface area contributed by atoms with Crippen molar-refractivity contribution in [3.05, 3.63) is 15.5 Å². The summed E-state index contributed by atoms with van der Waals surface area (Å²) in [6.07, 6.45) is 1.30. The SMILES string of the molecule is CCC[I+]c1cc(C)nn1C. The van der Waals surface area contributed by atoms with Crippen LogP contribution >= 0.6 is 0 Å². The first kappa shape index (κ1) is 9.03. The van der Waals surface area contributed by atoms with Gasteiger partial charge in [0.1, 0.15) is 0 Å². The number of rotatable bonds is 3. The summed E-state index contributed by atoms with van der Waals surface area (Å²) in [5.41, 5.74) is 1.15. The van der Waals surface area contributed by atoms with E-state index < -0.39 is 0 Å². The predicted molar refractivity (Wildman–Crippen MR) is 41.8 cm³/mol. The first-order valence-electron chi connectivity index (χ1n) is 3.84. The van der Waals surface area contributed by atoms with E-state index in [0.29, 0.717) is 0 Å². The Hall–Kier alpha value is -0.0600. The lowest BCUT2D eigenvalue weighted by Crippen LogP contribution is -3.63. The first-order chi connectivity index (χ1) is 5.24. The Labute approximate surface area is 78.2 Å². The molecule has 0 aliphatic heterocycles. The molecule has 0 N–H and O–H groups in total. The van der Waals surface area contributed by atoms with Crippen LogP contribution < -0.4 is 21.2 Å². The van der Waals surface area contributed by atoms with Crippen LogP contribution in [0.1, 0.15) is 19.0 Å². The molecule has 62 valence electrons. The first-order valence-corrected chi connectivity index (χ1v) is 6.44. The van der Waals surface area contributed by atoms with E-state index in [1.807, 2.05) is 11.7 Å². The zero-order valence-electron chi connectivity index (χ0n) is 7.26. The summed E-state index contributed by atoms with van der Waals surface area (Å²) in [4.78, 5) is 0. The van der Waals surface area contributed by atoms with E-state index in [1.54, 1.807) is 0 Å². The van der Waals surface area contributed by atoms with Gasteiger partial charge in [-0.3, -0.25) is 0 Å². The zero-order valence-corrected chi connectivity index (χ0v) is 9.42. The summed E-state index contributed by atoms with van der Waals surface area (Å²) in [5, 5.41) is 4.31. The highest BCUT2D eigenvalue weighted by molar-refractivity contribution is 4.93. The van der Waals surface area contributed by atoms with Crippen LogP contribution in [0.2, 0.25) is 0 Å². The van der Waals surface area contributed by atoms with Crippen LogP contribution in [0.3, 0.4) is 0 Å². The van der Waals surface area contributed by atoms with Crippen molar-refractivity contribution in [3.8, 4) is 0 Å². The lowest BCUT2D eigenvalue weighted by atomic mass is 10.5. The van der Waals surface area contributed by atoms with Gasteiger partial charge in [-0.25, -0.2) is 4.68 Å². The van der Waals surface area contributed by atoms with Crippen LogP contribution in [-0.4, -0.2) is 14.2 Å². The van der Waals surface area contributed by atoms with Crippen molar-refractivity contribution in [2.75, 3.05) is 4.43 Å². The third kappa shape index (κ3) is 2.47. The maximum atomic E-state index is 4.31. The molecule has 0 aromatic carbocycles. The third-order valence-electron chi connectivity index (χ3n) is 1.37. The summed E-state index contributed by atoms with van der Waals surface area (Å²) >= 11 is 0.226. The fraction of sp³-hybridized carbons (Fsp3) is 0.625. The van der Waals surface area contributed by atoms with E-state index in [0.717, 1.165) is 5.69 Å². The summed E-state index contributed by atoms with van der Waals surface area (Å²) in [5.74, 6) is 0. The smallest absolute Gasteiger partial charge is 0.228 e. The molecule has 0 amide bonds. The second-order valence-corrected chi connectivity index (χ2v) is 5.50. The molecule has 0 saturated carbocycles. The van der Waals surface area contributed by atoms with Crippen molar-refractivity contribution < 1.29 is 21.2 Å². The molecule has 1 aromatic rings. The second kappa shape index (κ2) is 4.09. The highest BCUT2D eigenvalue weighted by Crippen LogP contribution is 1.88. The molecule has 0 aliphatic carbocycles. The quantitative estimate of drug-likeness (QED) is 0.475. The van der Waals surface area contributed by atoms with Crippen LogP contribution in [0, 0.1) is 10.6 Å². The third-order valence-corrected chi connectivity index (χ3v) is 4.77. The molecule has 0 saturated heterocycles. The van der Waals surface area contributed by atoms with Gasteiger partial charge in [-0.15, -0.1) is 0 Å². The number of halogens is 1. The summed E-state index contributed by atoms with van der Waals surface area (Å²) in [6.45, 7) is 4.29. The Bertz CT molecular complexity index is 230. The van der Waals surface area contributed by atoms with Gasteiger partial charge in [-0.2, -0.15) is 5.10 Å². The largest absolute Gasteiger partial charge is 0.334 e. The van der Waals surface area contributed by atoms with Crippen LogP contribution in [-0.2, 0) is 7.05 Å². The maximum Gasteiger partial charge on any atom is 0.334 e. The van der Waals surface area contributed by atoms with Crippen molar-refractivity contribution in [1.29, 1.82) is 0 Å². The Balaban J connectivity index is 2.62. The van der Waals surface area contributed by atoms with Crippen LogP contribution in [0.4, 0.5) is 0 Å². The molecule has 11 heavy (non-hydrogen) atoms. The van der Waals surface area contributed by atoms with Crippen molar-refractivity contribution >= 4 is 0 Å². The molecular formula is C8H14IN2+. The summed E-state index contributed by atoms with van der Waals surface area (Å²) < 4.78 is 4.86. The number of hydrogen-bond acceptors (Lipinski definition) is 1. The average molecular weight is 265 g/mol. The van der Waals surface area contributed by atoms with Gasteiger partial charge in [-0.1, -0.05) is 6.92 Å². The molecule has 0 radical (unpaired) electrons. The lowest BCUT2D eigenvalue weighted by molar-refractivity contribution is -0.634. The zero-order chi connectivity index (χ0) is 8.27. The minimum atomic E-state index is 0.226. The highest BCUT2D eigenvalue weighted by Gasteiger charge is 2.15. The van der Waals surface area contributed by atoms with Crippen LogP contribution in [0.5, 0.6) is 0 Å². The maximum absolute atomic E-state index is 4.31. The monoisotopic (exact) mass is 265 g/mol. The second-order valence-electron chi connectivity index (χ2n) is 2.55. The van der Waals surface area contributed by atoms with E-state index in [4.69, 9.17) is 0 Å². The fourth-order valence-corrected chi connectivity index (χ4v) is 3.26. The molecular weight excluding hydrogens is 251 g/mol. The van der Waals surface area contributed by atoms with Gasteiger partial charge >= 0.3 is 21.2 Å². The molecule has 0 bridgehead atoms. The van der Waals surface area contributed by atoms with E-state index in [-0.39, 0.29) is 21.2 Å². The molecule has 0 unspecified atom stereocenters. The van der Waals surface area contributed by atoms with Gasteiger partial charge in [-0.05, 0) is 13.3 Å². The minimum absolute atomic E-state index is 0.226. The van der Waals surface area contributed by atoms with Gasteiger partial charge in [0, 0.05) is 13.1 Å². The molecule has 0 aliphatic rings. The van der Waals surface area contributed by atoms with Crippen molar-refractivity contribution in [3.63, 3.8) is 0 Å². The van der Waals surface area contributed by atoms with Gasteiger partial charge in [0.2, 0.25) is 0 Å². The molecule has 1 rings (SSSR count). The van der Waals surface area contributed by atoms with E-state index >= 15 is 0 Å². The predicted octanol–water partition coefficient (Wildman–Crippen LogP) is -1.60. The summed E-state index contributed by atoms with van der Waals surface area (Å²) in [7, 11) is 2.04. The van der Waals surface area contributed by atoms with E-state index in [2.05, 4.69) is 25.0 Å². The van der Waals surface area contributed by atoms with Gasteiger partial charge in [0.05, 0.1) is 5.69 Å². The Morgan fingerprint density at radius 2 is 2.36 bits per heavy atom. The molecule has 2 nitrogen and oxygen atoms in total. The van der Waals surface area contributed by atoms with Gasteiger partial charge in [0.25, 0.3) is 3.70 Å². The number of nitrogens with zero attached hydrogens (tertiary/aromatic N) is 2. The molecule has 0 fully saturated rings. The van der Waals surface area contributed by atoms with E-state index in [1.165, 1.54) is 14.5 Å². The Kier molecular flexibility index (Phi) is 3.36. The number of hydrogen-bond donors (Lipinski definition) is 0. The van der Waals surface area contributed by atoms with Crippen molar-refractivity contribution in [1.82, 2.24) is 9.78 Å². The molecule has 0 atom stereocenters. The number of alkyl halides is 1. The number of aromatic nitrogens is 2. The number of aryl methyl sites for hydroxylation is 2. The molecule has 3 heteroatoms. The van der Waals surface area contributed by atoms with Crippen molar-refractivity contribution in [2.45, 2.75) is 20.3 Å². The lowest BCUT2D eigenvalue weighted by Gasteiger charge is -1.84. The Morgan fingerprint density at radius 1 is 1.64 bits per heavy atom. The van der Waals surface area contributed by atoms with Gasteiger partial charge < -0.3 is 0 Å². The molecule has 1 aromatic heterocycles. The Morgan fingerprint density at radius 3 is 2.82 bits per heavy atom. The molecule has 1 heterocycles. The minimum Gasteiger partial charge on any atom is -0.228 e.